The number of ether oxygens (including phenoxy) is 3. The van der Waals surface area contributed by atoms with E-state index in [4.69, 9.17) is 14.2 Å². The number of carbonyl (C=O) groups excluding carboxylic acids is 3. The number of unbranched alkanes of at least 4 members (excludes halogenated alkanes) is 12. The summed E-state index contributed by atoms with van der Waals surface area (Å²) in [5.41, 5.74) is -1.27. The van der Waals surface area contributed by atoms with Crippen LogP contribution in [-0.4, -0.2) is 58.6 Å². The van der Waals surface area contributed by atoms with Gasteiger partial charge in [0.05, 0.1) is 0 Å². The average molecular weight is 799 g/mol. The topological polar surface area (TPSA) is 119 Å². The smallest absolute Gasteiger partial charge is 0.305 e. The van der Waals surface area contributed by atoms with Crippen LogP contribution in [0.15, 0.2) is 11.6 Å². The van der Waals surface area contributed by atoms with E-state index in [1.165, 1.54) is 83.6 Å². The molecule has 0 spiro atoms. The lowest BCUT2D eigenvalue weighted by atomic mass is 9.33. The summed E-state index contributed by atoms with van der Waals surface area (Å²) in [6.07, 6.45) is 23.1. The number of hydrogen-bond acceptors (Lipinski definition) is 8. The van der Waals surface area contributed by atoms with Crippen LogP contribution in [0.1, 0.15) is 204 Å². The van der Waals surface area contributed by atoms with Gasteiger partial charge < -0.3 is 24.4 Å². The summed E-state index contributed by atoms with van der Waals surface area (Å²) in [4.78, 5) is 37.7. The van der Waals surface area contributed by atoms with Gasteiger partial charge in [-0.3, -0.25) is 14.4 Å². The second kappa shape index (κ2) is 18.4. The number of aliphatic hydroxyl groups is 2. The van der Waals surface area contributed by atoms with Gasteiger partial charge >= 0.3 is 17.9 Å². The molecule has 5 aliphatic rings. The quantitative estimate of drug-likeness (QED) is 0.0609. The van der Waals surface area contributed by atoms with Crippen molar-refractivity contribution < 1.29 is 38.8 Å². The van der Waals surface area contributed by atoms with Crippen molar-refractivity contribution in [3.63, 3.8) is 0 Å². The Balaban J connectivity index is 1.24. The summed E-state index contributed by atoms with van der Waals surface area (Å²) in [6, 6.07) is 0. The first kappa shape index (κ1) is 46.1. The molecule has 5 aliphatic carbocycles. The van der Waals surface area contributed by atoms with Gasteiger partial charge in [0.2, 0.25) is 0 Å². The van der Waals surface area contributed by atoms with Crippen molar-refractivity contribution in [1.29, 1.82) is 0 Å². The maximum Gasteiger partial charge on any atom is 0.305 e. The predicted octanol–water partition coefficient (Wildman–Crippen LogP) is 11.0. The number of esters is 3. The highest BCUT2D eigenvalue weighted by Crippen LogP contribution is 2.75. The third kappa shape index (κ3) is 9.08. The van der Waals surface area contributed by atoms with Gasteiger partial charge in [-0.25, -0.2) is 0 Å². The van der Waals surface area contributed by atoms with E-state index >= 15 is 0 Å². The van der Waals surface area contributed by atoms with E-state index in [0.29, 0.717) is 18.3 Å². The van der Waals surface area contributed by atoms with Crippen molar-refractivity contribution in [1.82, 2.24) is 0 Å². The summed E-state index contributed by atoms with van der Waals surface area (Å²) >= 11 is 0. The Bertz CT molecular complexity index is 1440. The van der Waals surface area contributed by atoms with E-state index in [9.17, 15) is 24.6 Å². The molecule has 11 atom stereocenters. The van der Waals surface area contributed by atoms with Crippen molar-refractivity contribution in [3.05, 3.63) is 11.6 Å². The van der Waals surface area contributed by atoms with E-state index in [2.05, 4.69) is 54.5 Å². The Kier molecular flexibility index (Phi) is 14.9. The summed E-state index contributed by atoms with van der Waals surface area (Å²) in [5.74, 6) is -0.344. The molecule has 57 heavy (non-hydrogen) atoms. The average Bonchev–Trinajstić information content (AvgIpc) is 3.14. The number of carbonyl (C=O) groups is 3. The molecular formula is C49H82O8. The van der Waals surface area contributed by atoms with Crippen molar-refractivity contribution in [2.24, 2.45) is 44.8 Å². The molecule has 4 fully saturated rings. The van der Waals surface area contributed by atoms with Gasteiger partial charge in [0.25, 0.3) is 0 Å². The Morgan fingerprint density at radius 3 is 1.88 bits per heavy atom. The summed E-state index contributed by atoms with van der Waals surface area (Å²) in [5, 5.41) is 24.2. The van der Waals surface area contributed by atoms with E-state index in [1.54, 1.807) is 0 Å². The van der Waals surface area contributed by atoms with Crippen LogP contribution in [-0.2, 0) is 28.6 Å². The van der Waals surface area contributed by atoms with Gasteiger partial charge in [-0.1, -0.05) is 137 Å². The normalized spacial score (nSPS) is 39.4. The maximum absolute atomic E-state index is 13.0. The molecule has 4 saturated carbocycles. The highest BCUT2D eigenvalue weighted by atomic mass is 16.6. The SMILES string of the molecule is CCCCCCCCCCCCCCCC(=O)OC[C@@]1(O)C[C@H]2C3=CC[C@@H]4[C@@]5(C)CC[C@@H](OC(C)=O)C(C)(C)[C@@H]5CC[C@@]4(C)[C@]3(C)CC[C@@]2(C)[C@@H](OC(C)=O)[C@H]1O. The molecule has 0 aliphatic heterocycles. The van der Waals surface area contributed by atoms with Gasteiger partial charge in [-0.05, 0) is 91.8 Å². The second-order valence-electron chi connectivity index (χ2n) is 21.2. The number of hydrogen-bond donors (Lipinski definition) is 2. The van der Waals surface area contributed by atoms with E-state index < -0.39 is 29.2 Å². The minimum atomic E-state index is -1.75. The fraction of sp³-hybridized carbons (Fsp3) is 0.898. The highest BCUT2D eigenvalue weighted by molar-refractivity contribution is 5.69. The van der Waals surface area contributed by atoms with Crippen molar-refractivity contribution in [2.75, 3.05) is 6.61 Å². The standard InChI is InChI=1S/C49H82O8/c1-10-11-12-13-14-15-16-17-18-19-20-21-22-23-41(52)55-33-49(54)32-37-36-24-25-39-46(7)28-27-40(56-34(2)50)44(4,5)38(46)26-29-48(39,9)47(36,8)31-30-45(37,6)43(42(49)53)57-35(3)51/h24,37-40,42-43,53-54H,10-23,25-33H2,1-9H3/t37-,38-,39+,40+,42+,43-,45+,46-,47+,48+,49-/m0/s1. The maximum atomic E-state index is 13.0. The van der Waals surface area contributed by atoms with Gasteiger partial charge in [0, 0.05) is 31.1 Å². The molecule has 0 unspecified atom stereocenters. The third-order valence-corrected chi connectivity index (χ3v) is 17.4. The summed E-state index contributed by atoms with van der Waals surface area (Å²) in [6.45, 7) is 19.0. The highest BCUT2D eigenvalue weighted by Gasteiger charge is 2.71. The molecule has 0 aromatic rings. The van der Waals surface area contributed by atoms with Crippen LogP contribution in [0.4, 0.5) is 0 Å². The lowest BCUT2D eigenvalue weighted by Crippen LogP contribution is -2.69. The Morgan fingerprint density at radius 1 is 0.719 bits per heavy atom. The number of rotatable bonds is 18. The third-order valence-electron chi connectivity index (χ3n) is 17.4. The van der Waals surface area contributed by atoms with Crippen molar-refractivity contribution in [3.8, 4) is 0 Å². The largest absolute Gasteiger partial charge is 0.462 e. The molecule has 0 radical (unpaired) electrons. The number of allylic oxidation sites excluding steroid dienone is 2. The fourth-order valence-electron chi connectivity index (χ4n) is 13.8. The number of fused-ring (bicyclic) bond motifs is 7. The van der Waals surface area contributed by atoms with Crippen molar-refractivity contribution in [2.45, 2.75) is 227 Å². The zero-order valence-electron chi connectivity index (χ0n) is 37.6. The van der Waals surface area contributed by atoms with Crippen LogP contribution in [0.5, 0.6) is 0 Å². The van der Waals surface area contributed by atoms with Crippen LogP contribution >= 0.6 is 0 Å². The molecule has 0 aromatic carbocycles. The monoisotopic (exact) mass is 799 g/mol. The van der Waals surface area contributed by atoms with Crippen LogP contribution in [0.25, 0.3) is 0 Å². The Labute approximate surface area is 346 Å². The van der Waals surface area contributed by atoms with Crippen molar-refractivity contribution >= 4 is 17.9 Å². The van der Waals surface area contributed by atoms with E-state index in [1.807, 2.05) is 0 Å². The van der Waals surface area contributed by atoms with Gasteiger partial charge in [-0.15, -0.1) is 0 Å². The van der Waals surface area contributed by atoms with Crippen LogP contribution in [0.2, 0.25) is 0 Å². The summed E-state index contributed by atoms with van der Waals surface area (Å²) in [7, 11) is 0. The minimum absolute atomic E-state index is 0.0144. The molecular weight excluding hydrogens is 717 g/mol. The lowest BCUT2D eigenvalue weighted by molar-refractivity contribution is -0.251. The van der Waals surface area contributed by atoms with Crippen LogP contribution < -0.4 is 0 Å². The van der Waals surface area contributed by atoms with E-state index in [-0.39, 0.29) is 58.6 Å². The first-order valence-corrected chi connectivity index (χ1v) is 23.4. The minimum Gasteiger partial charge on any atom is -0.462 e. The molecule has 0 heterocycles. The predicted molar refractivity (Wildman–Crippen MR) is 225 cm³/mol. The zero-order valence-corrected chi connectivity index (χ0v) is 37.6. The molecule has 5 rings (SSSR count). The zero-order chi connectivity index (χ0) is 41.9. The fourth-order valence-corrected chi connectivity index (χ4v) is 13.8. The number of aliphatic hydroxyl groups excluding tert-OH is 1. The van der Waals surface area contributed by atoms with Crippen LogP contribution in [0, 0.1) is 44.8 Å². The molecule has 8 heteroatoms. The first-order valence-electron chi connectivity index (χ1n) is 23.4. The van der Waals surface area contributed by atoms with Gasteiger partial charge in [-0.2, -0.15) is 0 Å². The second-order valence-corrected chi connectivity index (χ2v) is 21.2. The first-order chi connectivity index (χ1) is 26.8. The molecule has 0 saturated heterocycles. The molecule has 8 nitrogen and oxygen atoms in total. The molecule has 0 amide bonds. The summed E-state index contributed by atoms with van der Waals surface area (Å²) < 4.78 is 17.7. The molecule has 326 valence electrons. The molecule has 0 bridgehead atoms. The van der Waals surface area contributed by atoms with Gasteiger partial charge in [0.15, 0.2) is 0 Å². The van der Waals surface area contributed by atoms with Gasteiger partial charge in [0.1, 0.15) is 30.5 Å². The lowest BCUT2D eigenvalue weighted by Gasteiger charge is -2.71. The molecule has 0 aromatic heterocycles. The molecule has 2 N–H and O–H groups in total. The Hall–Kier alpha value is -1.93. The van der Waals surface area contributed by atoms with Crippen LogP contribution in [0.3, 0.4) is 0 Å². The van der Waals surface area contributed by atoms with E-state index in [0.717, 1.165) is 64.2 Å². The Morgan fingerprint density at radius 2 is 1.30 bits per heavy atom.